The fraction of sp³-hybridized carbons (Fsp3) is 0.133. The van der Waals surface area contributed by atoms with Crippen LogP contribution in [0.25, 0.3) is 5.57 Å². The van der Waals surface area contributed by atoms with Crippen LogP contribution in [0.2, 0.25) is 0 Å². The number of anilines is 4. The van der Waals surface area contributed by atoms with Crippen LogP contribution in [0.3, 0.4) is 0 Å². The second-order valence-electron chi connectivity index (χ2n) is 13.6. The van der Waals surface area contributed by atoms with Gasteiger partial charge in [-0.2, -0.15) is 5.26 Å². The molecule has 9 N–H and O–H groups in total. The summed E-state index contributed by atoms with van der Waals surface area (Å²) < 4.78 is 10.3. The standard InChI is InChI=1S/C45H40N6O12/c1-23(25-9-15-30(52)16-10-25)24(2)40(55)47-28-11-5-27(6-12-28)42(57)51-35(21-22-46)44(59)48-29-13-7-26(8-14-29)41(56)49-33-19-17-31(36(53)38(33)62-3)43(58)50-34-20-18-32(45(60)61)37(54)39(34)63-4/h5-20,35,52-54H,21H2,1-4H3,(H,47,55)(H,48,59)(H,49,56)(H,50,58)(H,51,57)(H,60,61)/b24-23+/t35-/m0/s1. The van der Waals surface area contributed by atoms with Crippen molar-refractivity contribution in [3.8, 4) is 34.8 Å². The number of methoxy groups -OCH3 is 2. The zero-order chi connectivity index (χ0) is 46.0. The number of phenols is 3. The Hall–Kier alpha value is -8.85. The minimum absolute atomic E-state index is 0.0197. The van der Waals surface area contributed by atoms with Crippen molar-refractivity contribution in [2.75, 3.05) is 35.5 Å². The topological polar surface area (TPSA) is 286 Å². The van der Waals surface area contributed by atoms with E-state index in [0.717, 1.165) is 18.7 Å². The average Bonchev–Trinajstić information content (AvgIpc) is 3.26. The second kappa shape index (κ2) is 19.9. The molecule has 0 aliphatic heterocycles. The Bertz CT molecular complexity index is 2670. The summed E-state index contributed by atoms with van der Waals surface area (Å²) in [5, 5.41) is 62.3. The van der Waals surface area contributed by atoms with Gasteiger partial charge in [-0.05, 0) is 110 Å². The summed E-state index contributed by atoms with van der Waals surface area (Å²) in [5.74, 6) is -6.60. The van der Waals surface area contributed by atoms with Crippen LogP contribution in [0, 0.1) is 11.3 Å². The molecule has 0 spiro atoms. The van der Waals surface area contributed by atoms with Crippen LogP contribution in [-0.2, 0) is 9.59 Å². The van der Waals surface area contributed by atoms with Gasteiger partial charge in [-0.25, -0.2) is 4.79 Å². The number of benzene rings is 5. The highest BCUT2D eigenvalue weighted by Gasteiger charge is 2.25. The zero-order valence-corrected chi connectivity index (χ0v) is 34.0. The molecule has 0 aliphatic rings. The van der Waals surface area contributed by atoms with Gasteiger partial charge in [0.05, 0.1) is 43.6 Å². The monoisotopic (exact) mass is 856 g/mol. The molecule has 0 unspecified atom stereocenters. The zero-order valence-electron chi connectivity index (χ0n) is 34.0. The van der Waals surface area contributed by atoms with Crippen LogP contribution in [0.5, 0.6) is 28.7 Å². The van der Waals surface area contributed by atoms with Gasteiger partial charge in [0.1, 0.15) is 17.4 Å². The number of phenolic OH excluding ortho intramolecular Hbond substituents is 2. The number of carboxylic acid groups (broad SMARTS) is 1. The van der Waals surface area contributed by atoms with E-state index in [1.807, 2.05) is 6.07 Å². The molecule has 0 saturated heterocycles. The van der Waals surface area contributed by atoms with Gasteiger partial charge in [0, 0.05) is 28.1 Å². The fourth-order valence-corrected chi connectivity index (χ4v) is 6.00. The lowest BCUT2D eigenvalue weighted by Gasteiger charge is -2.17. The summed E-state index contributed by atoms with van der Waals surface area (Å²) in [4.78, 5) is 76.9. The van der Waals surface area contributed by atoms with Gasteiger partial charge >= 0.3 is 5.97 Å². The maximum Gasteiger partial charge on any atom is 0.339 e. The smallest absolute Gasteiger partial charge is 0.339 e. The van der Waals surface area contributed by atoms with Gasteiger partial charge in [0.2, 0.25) is 5.91 Å². The molecule has 0 aliphatic carbocycles. The highest BCUT2D eigenvalue weighted by atomic mass is 16.5. The van der Waals surface area contributed by atoms with Crippen LogP contribution in [0.1, 0.15) is 67.3 Å². The number of allylic oxidation sites excluding steroid dienone is 1. The Kier molecular flexibility index (Phi) is 14.3. The lowest BCUT2D eigenvalue weighted by molar-refractivity contribution is -0.118. The summed E-state index contributed by atoms with van der Waals surface area (Å²) in [5.41, 5.74) is 1.92. The van der Waals surface area contributed by atoms with Gasteiger partial charge < -0.3 is 56.5 Å². The van der Waals surface area contributed by atoms with Crippen molar-refractivity contribution in [3.63, 3.8) is 0 Å². The second-order valence-corrected chi connectivity index (χ2v) is 13.6. The number of aromatic carboxylic acids is 1. The number of amides is 5. The van der Waals surface area contributed by atoms with E-state index in [1.54, 1.807) is 26.0 Å². The van der Waals surface area contributed by atoms with E-state index in [0.29, 0.717) is 16.8 Å². The Balaban J connectivity index is 1.19. The molecule has 5 aromatic rings. The maximum absolute atomic E-state index is 13.2. The molecule has 0 aromatic heterocycles. The number of carboxylic acids is 1. The molecule has 18 heteroatoms. The van der Waals surface area contributed by atoms with Crippen molar-refractivity contribution in [1.29, 1.82) is 5.26 Å². The van der Waals surface area contributed by atoms with E-state index in [2.05, 4.69) is 26.6 Å². The third kappa shape index (κ3) is 10.7. The van der Waals surface area contributed by atoms with Crippen LogP contribution in [0.4, 0.5) is 22.7 Å². The third-order valence-electron chi connectivity index (χ3n) is 9.58. The molecule has 322 valence electrons. The van der Waals surface area contributed by atoms with Crippen LogP contribution in [-0.4, -0.2) is 76.2 Å². The molecule has 63 heavy (non-hydrogen) atoms. The van der Waals surface area contributed by atoms with Gasteiger partial charge in [-0.3, -0.25) is 24.0 Å². The minimum atomic E-state index is -1.43. The summed E-state index contributed by atoms with van der Waals surface area (Å²) in [7, 11) is 2.35. The molecule has 0 radical (unpaired) electrons. The Morgan fingerprint density at radius 3 is 1.60 bits per heavy atom. The van der Waals surface area contributed by atoms with Crippen molar-refractivity contribution >= 4 is 63.8 Å². The van der Waals surface area contributed by atoms with Crippen LogP contribution in [0.15, 0.2) is 103 Å². The van der Waals surface area contributed by atoms with E-state index in [4.69, 9.17) is 9.47 Å². The third-order valence-corrected chi connectivity index (χ3v) is 9.58. The number of hydrogen-bond acceptors (Lipinski definition) is 12. The van der Waals surface area contributed by atoms with E-state index in [1.165, 1.54) is 86.0 Å². The molecule has 0 heterocycles. The van der Waals surface area contributed by atoms with Crippen LogP contribution >= 0.6 is 0 Å². The lowest BCUT2D eigenvalue weighted by Crippen LogP contribution is -2.43. The first-order valence-electron chi connectivity index (χ1n) is 18.7. The Labute approximate surface area is 359 Å². The number of aromatic hydroxyl groups is 3. The normalized spacial score (nSPS) is 11.4. The highest BCUT2D eigenvalue weighted by Crippen LogP contribution is 2.40. The van der Waals surface area contributed by atoms with Crippen molar-refractivity contribution < 1.29 is 58.7 Å². The average molecular weight is 857 g/mol. The molecular formula is C45H40N6O12. The maximum atomic E-state index is 13.2. The van der Waals surface area contributed by atoms with Gasteiger partial charge in [0.15, 0.2) is 23.0 Å². The summed E-state index contributed by atoms with van der Waals surface area (Å²) >= 11 is 0. The first-order valence-corrected chi connectivity index (χ1v) is 18.7. The number of nitrogens with one attached hydrogen (secondary N) is 5. The summed E-state index contributed by atoms with van der Waals surface area (Å²) in [6.07, 6.45) is -0.370. The summed E-state index contributed by atoms with van der Waals surface area (Å²) in [6.45, 7) is 3.44. The molecule has 1 atom stereocenters. The van der Waals surface area contributed by atoms with Crippen LogP contribution < -0.4 is 36.1 Å². The minimum Gasteiger partial charge on any atom is -0.508 e. The number of hydrogen-bond donors (Lipinski definition) is 9. The molecule has 0 bridgehead atoms. The Morgan fingerprint density at radius 2 is 1.08 bits per heavy atom. The number of carbonyl (C=O) groups excluding carboxylic acids is 5. The number of rotatable bonds is 15. The summed E-state index contributed by atoms with van der Waals surface area (Å²) in [6, 6.07) is 23.3. The Morgan fingerprint density at radius 1 is 0.603 bits per heavy atom. The quantitative estimate of drug-likeness (QED) is 0.0538. The van der Waals surface area contributed by atoms with Crippen molar-refractivity contribution in [1.82, 2.24) is 5.32 Å². The molecule has 5 rings (SSSR count). The van der Waals surface area contributed by atoms with E-state index < -0.39 is 52.7 Å². The van der Waals surface area contributed by atoms with Crippen molar-refractivity contribution in [2.24, 2.45) is 0 Å². The largest absolute Gasteiger partial charge is 0.508 e. The van der Waals surface area contributed by atoms with Gasteiger partial charge in [0.25, 0.3) is 23.6 Å². The van der Waals surface area contributed by atoms with E-state index in [-0.39, 0.29) is 63.3 Å². The SMILES string of the molecule is COc1c(NC(=O)c2ccc(NC(=O)c3ccc(NC(=O)[C@H](CC#N)NC(=O)c4ccc(NC(=O)/C(C)=C(\C)c5ccc(O)cc5)cc4)cc3)c(OC)c2O)ccc(C(=O)O)c1O. The molecule has 0 fully saturated rings. The highest BCUT2D eigenvalue weighted by molar-refractivity contribution is 6.11. The van der Waals surface area contributed by atoms with Crippen molar-refractivity contribution in [3.05, 3.63) is 130 Å². The predicted molar refractivity (Wildman–Crippen MR) is 230 cm³/mol. The molecule has 5 aromatic carbocycles. The number of carbonyl (C=O) groups is 6. The molecule has 18 nitrogen and oxygen atoms in total. The van der Waals surface area contributed by atoms with Crippen molar-refractivity contribution in [2.45, 2.75) is 26.3 Å². The first kappa shape index (κ1) is 45.2. The molecule has 0 saturated carbocycles. The fourth-order valence-electron chi connectivity index (χ4n) is 6.00. The van der Waals surface area contributed by atoms with Gasteiger partial charge in [-0.1, -0.05) is 12.1 Å². The molecular weight excluding hydrogens is 817 g/mol. The van der Waals surface area contributed by atoms with Gasteiger partial charge in [-0.15, -0.1) is 0 Å². The predicted octanol–water partition coefficient (Wildman–Crippen LogP) is 6.11. The first-order chi connectivity index (χ1) is 30.1. The number of ether oxygens (including phenoxy) is 2. The molecule has 5 amide bonds. The van der Waals surface area contributed by atoms with E-state index in [9.17, 15) is 54.5 Å². The number of nitrogens with zero attached hydrogens (tertiary/aromatic N) is 1. The number of nitriles is 1. The lowest BCUT2D eigenvalue weighted by atomic mass is 10.0. The van der Waals surface area contributed by atoms with E-state index >= 15 is 0 Å².